The summed E-state index contributed by atoms with van der Waals surface area (Å²) >= 11 is 0. The lowest BCUT2D eigenvalue weighted by molar-refractivity contribution is 0.228. The average molecular weight is 391 g/mol. The number of rotatable bonds is 5. The third-order valence-electron chi connectivity index (χ3n) is 7.35. The van der Waals surface area contributed by atoms with Gasteiger partial charge in [0.2, 0.25) is 0 Å². The van der Waals surface area contributed by atoms with E-state index in [0.29, 0.717) is 12.0 Å². The van der Waals surface area contributed by atoms with E-state index in [4.69, 9.17) is 4.74 Å². The van der Waals surface area contributed by atoms with Gasteiger partial charge in [0.1, 0.15) is 5.75 Å². The van der Waals surface area contributed by atoms with Crippen LogP contribution in [0.2, 0.25) is 0 Å². The van der Waals surface area contributed by atoms with Crippen molar-refractivity contribution in [1.29, 1.82) is 0 Å². The van der Waals surface area contributed by atoms with Gasteiger partial charge in [0.05, 0.1) is 7.11 Å². The average Bonchev–Trinajstić information content (AvgIpc) is 3.27. The molecule has 3 aliphatic rings. The number of hydrogen-bond donors (Lipinski definition) is 0. The smallest absolute Gasteiger partial charge is 0.118 e. The van der Waals surface area contributed by atoms with Gasteiger partial charge >= 0.3 is 0 Å². The van der Waals surface area contributed by atoms with Gasteiger partial charge in [-0.15, -0.1) is 0 Å². The highest BCUT2D eigenvalue weighted by atomic mass is 16.5. The van der Waals surface area contributed by atoms with Crippen LogP contribution in [0.4, 0.5) is 0 Å². The van der Waals surface area contributed by atoms with Gasteiger partial charge < -0.3 is 9.64 Å². The first-order chi connectivity index (χ1) is 14.3. The van der Waals surface area contributed by atoms with Crippen LogP contribution < -0.4 is 4.74 Å². The van der Waals surface area contributed by atoms with Crippen LogP contribution in [-0.2, 0) is 6.42 Å². The fraction of sp³-hybridized carbons (Fsp3) is 0.538. The second-order valence-electron chi connectivity index (χ2n) is 9.09. The number of nitrogens with zero attached hydrogens (tertiary/aromatic N) is 2. The Labute approximate surface area is 175 Å². The van der Waals surface area contributed by atoms with E-state index < -0.39 is 0 Å². The van der Waals surface area contributed by atoms with Crippen LogP contribution >= 0.6 is 0 Å². The van der Waals surface area contributed by atoms with Crippen LogP contribution in [0.15, 0.2) is 42.5 Å². The zero-order chi connectivity index (χ0) is 19.6. The lowest BCUT2D eigenvalue weighted by Crippen LogP contribution is -2.35. The van der Waals surface area contributed by atoms with E-state index in [1.165, 1.54) is 75.8 Å². The Kier molecular flexibility index (Phi) is 5.61. The fourth-order valence-electron chi connectivity index (χ4n) is 5.71. The van der Waals surface area contributed by atoms with Gasteiger partial charge in [0.15, 0.2) is 0 Å². The first-order valence-corrected chi connectivity index (χ1v) is 11.5. The molecule has 5 rings (SSSR count). The van der Waals surface area contributed by atoms with Gasteiger partial charge in [-0.3, -0.25) is 4.90 Å². The highest BCUT2D eigenvalue weighted by Crippen LogP contribution is 2.44. The summed E-state index contributed by atoms with van der Waals surface area (Å²) in [5.41, 5.74) is 6.10. The van der Waals surface area contributed by atoms with Crippen molar-refractivity contribution in [3.63, 3.8) is 0 Å². The van der Waals surface area contributed by atoms with E-state index in [1.807, 2.05) is 0 Å². The number of benzene rings is 2. The monoisotopic (exact) mass is 390 g/mol. The SMILES string of the molecule is COc1ccc([C@@H]2CN3CCC[C@H]3c3cc(CCN4CCCCC4)ccc32)cc1. The minimum Gasteiger partial charge on any atom is -0.497 e. The topological polar surface area (TPSA) is 15.7 Å². The highest BCUT2D eigenvalue weighted by molar-refractivity contribution is 5.45. The lowest BCUT2D eigenvalue weighted by Gasteiger charge is -2.38. The third kappa shape index (κ3) is 3.95. The second kappa shape index (κ2) is 8.49. The Morgan fingerprint density at radius 1 is 0.897 bits per heavy atom. The van der Waals surface area contributed by atoms with Crippen LogP contribution in [0.5, 0.6) is 5.75 Å². The number of methoxy groups -OCH3 is 1. The van der Waals surface area contributed by atoms with Crippen molar-refractivity contribution >= 4 is 0 Å². The molecule has 2 aromatic carbocycles. The van der Waals surface area contributed by atoms with Crippen molar-refractivity contribution in [2.75, 3.05) is 39.8 Å². The van der Waals surface area contributed by atoms with Crippen molar-refractivity contribution < 1.29 is 4.74 Å². The number of hydrogen-bond acceptors (Lipinski definition) is 3. The van der Waals surface area contributed by atoms with Gasteiger partial charge in [-0.05, 0) is 86.1 Å². The van der Waals surface area contributed by atoms with Crippen molar-refractivity contribution in [1.82, 2.24) is 9.80 Å². The summed E-state index contributed by atoms with van der Waals surface area (Å²) in [5, 5.41) is 0. The zero-order valence-corrected chi connectivity index (χ0v) is 17.8. The summed E-state index contributed by atoms with van der Waals surface area (Å²) in [6.45, 7) is 6.20. The summed E-state index contributed by atoms with van der Waals surface area (Å²) in [4.78, 5) is 5.39. The molecule has 29 heavy (non-hydrogen) atoms. The molecule has 3 nitrogen and oxygen atoms in total. The molecule has 2 saturated heterocycles. The number of likely N-dealkylation sites (tertiary alicyclic amines) is 1. The molecule has 0 bridgehead atoms. The van der Waals surface area contributed by atoms with E-state index in [2.05, 4.69) is 52.3 Å². The summed E-state index contributed by atoms with van der Waals surface area (Å²) < 4.78 is 5.37. The van der Waals surface area contributed by atoms with Crippen molar-refractivity contribution in [3.05, 3.63) is 64.7 Å². The number of piperidine rings is 1. The molecule has 0 radical (unpaired) electrons. The maximum Gasteiger partial charge on any atom is 0.118 e. The molecule has 0 aromatic heterocycles. The molecule has 0 saturated carbocycles. The third-order valence-corrected chi connectivity index (χ3v) is 7.35. The maximum absolute atomic E-state index is 5.37. The Morgan fingerprint density at radius 2 is 1.72 bits per heavy atom. The largest absolute Gasteiger partial charge is 0.497 e. The molecule has 2 atom stereocenters. The van der Waals surface area contributed by atoms with Gasteiger partial charge in [0.25, 0.3) is 0 Å². The summed E-state index contributed by atoms with van der Waals surface area (Å²) in [6.07, 6.45) is 8.01. The predicted molar refractivity (Wildman–Crippen MR) is 119 cm³/mol. The first-order valence-electron chi connectivity index (χ1n) is 11.5. The van der Waals surface area contributed by atoms with Crippen LogP contribution in [0.3, 0.4) is 0 Å². The zero-order valence-electron chi connectivity index (χ0n) is 17.8. The molecule has 0 unspecified atom stereocenters. The Hall–Kier alpha value is -1.84. The fourth-order valence-corrected chi connectivity index (χ4v) is 5.71. The summed E-state index contributed by atoms with van der Waals surface area (Å²) in [7, 11) is 1.74. The first kappa shape index (κ1) is 19.1. The minimum atomic E-state index is 0.474. The molecule has 2 aromatic rings. The normalized spacial score (nSPS) is 24.9. The van der Waals surface area contributed by atoms with Crippen LogP contribution in [0, 0.1) is 0 Å². The molecule has 0 N–H and O–H groups in total. The van der Waals surface area contributed by atoms with Crippen molar-refractivity contribution in [3.8, 4) is 5.75 Å². The molecule has 154 valence electrons. The van der Waals surface area contributed by atoms with E-state index in [-0.39, 0.29) is 0 Å². The summed E-state index contributed by atoms with van der Waals surface area (Å²) in [5.74, 6) is 1.42. The van der Waals surface area contributed by atoms with Crippen molar-refractivity contribution in [2.24, 2.45) is 0 Å². The van der Waals surface area contributed by atoms with Crippen LogP contribution in [-0.4, -0.2) is 49.6 Å². The van der Waals surface area contributed by atoms with E-state index in [0.717, 1.165) is 12.3 Å². The number of ether oxygens (including phenoxy) is 1. The molecule has 3 aliphatic heterocycles. The predicted octanol–water partition coefficient (Wildman–Crippen LogP) is 5.01. The molecule has 2 fully saturated rings. The quantitative estimate of drug-likeness (QED) is 0.714. The standard InChI is InChI=1S/C26H34N2O/c1-29-22-10-8-21(9-11-22)25-19-28-16-5-6-26(28)24-18-20(7-12-23(24)25)13-17-27-14-3-2-4-15-27/h7-12,18,25-26H,2-6,13-17,19H2,1H3/t25-,26-/m0/s1. The molecule has 3 heteroatoms. The van der Waals surface area contributed by atoms with Crippen LogP contribution in [0.1, 0.15) is 66.3 Å². The van der Waals surface area contributed by atoms with Gasteiger partial charge in [-0.25, -0.2) is 0 Å². The van der Waals surface area contributed by atoms with E-state index in [9.17, 15) is 0 Å². The summed E-state index contributed by atoms with van der Waals surface area (Å²) in [6, 6.07) is 16.8. The highest BCUT2D eigenvalue weighted by Gasteiger charge is 2.36. The molecular weight excluding hydrogens is 356 g/mol. The van der Waals surface area contributed by atoms with Crippen LogP contribution in [0.25, 0.3) is 0 Å². The molecule has 3 heterocycles. The van der Waals surface area contributed by atoms with Crippen molar-refractivity contribution in [2.45, 2.75) is 50.5 Å². The Balaban J connectivity index is 1.40. The lowest BCUT2D eigenvalue weighted by atomic mass is 9.80. The maximum atomic E-state index is 5.37. The van der Waals surface area contributed by atoms with Gasteiger partial charge in [0, 0.05) is 25.0 Å². The van der Waals surface area contributed by atoms with E-state index in [1.54, 1.807) is 18.2 Å². The van der Waals surface area contributed by atoms with E-state index >= 15 is 0 Å². The Bertz CT molecular complexity index is 825. The molecular formula is C26H34N2O. The Morgan fingerprint density at radius 3 is 2.52 bits per heavy atom. The van der Waals surface area contributed by atoms with Gasteiger partial charge in [-0.1, -0.05) is 36.8 Å². The molecule has 0 spiro atoms. The second-order valence-corrected chi connectivity index (χ2v) is 9.09. The minimum absolute atomic E-state index is 0.474. The number of fused-ring (bicyclic) bond motifs is 3. The van der Waals surface area contributed by atoms with Gasteiger partial charge in [-0.2, -0.15) is 0 Å². The molecule has 0 aliphatic carbocycles. The molecule has 0 amide bonds.